The first-order valence-electron chi connectivity index (χ1n) is 0.565. The van der Waals surface area contributed by atoms with Crippen LogP contribution in [0.25, 0.3) is 0 Å². The average Bonchev–Trinajstić information content (AvgIpc) is 0.811. The molecule has 0 aliphatic heterocycles. The Bertz CT molecular complexity index is 55.3. The molecule has 0 radical (unpaired) electrons. The van der Waals surface area contributed by atoms with E-state index in [1.54, 1.807) is 0 Å². The first-order valence-corrected chi connectivity index (χ1v) is 1.70. The van der Waals surface area contributed by atoms with Gasteiger partial charge in [0.1, 0.15) is 0 Å². The van der Waals surface area contributed by atoms with Gasteiger partial charge in [-0.3, -0.25) is 4.55 Å². The largest absolute Gasteiger partial charge is 0.288 e. The van der Waals surface area contributed by atoms with Crippen LogP contribution in [0.1, 0.15) is 0 Å². The van der Waals surface area contributed by atoms with Gasteiger partial charge in [0.2, 0.25) is 0 Å². The molecule has 0 bridgehead atoms. The first-order chi connectivity index (χ1) is 1.73. The van der Waals surface area contributed by atoms with Crippen molar-refractivity contribution in [3.63, 3.8) is 0 Å². The molecule has 1 N–H and O–H groups in total. The second kappa shape index (κ2) is 4.62. The van der Waals surface area contributed by atoms with Crippen LogP contribution >= 0.6 is 0 Å². The molecule has 3 nitrogen and oxygen atoms in total. The van der Waals surface area contributed by atoms with Crippen molar-refractivity contribution in [3.8, 4) is 0 Å². The molecule has 0 aliphatic rings. The van der Waals surface area contributed by atoms with E-state index in [2.05, 4.69) is 0 Å². The summed E-state index contributed by atoms with van der Waals surface area (Å²) in [5, 5.41) is 0. The Morgan fingerprint density at radius 3 is 1.40 bits per heavy atom. The van der Waals surface area contributed by atoms with Gasteiger partial charge in [0, 0.05) is 21.7 Å². The molecule has 0 aromatic heterocycles. The Hall–Kier alpha value is 0.624. The number of thiol groups is 1. The quantitative estimate of drug-likeness (QED) is 0.253. The molecule has 0 heterocycles. The van der Waals surface area contributed by atoms with E-state index in [9.17, 15) is 0 Å². The molecule has 0 aromatic rings. The van der Waals surface area contributed by atoms with Crippen LogP contribution in [0.5, 0.6) is 0 Å². The maximum Gasteiger partial charge on any atom is 0.254 e. The van der Waals surface area contributed by atoms with Crippen molar-refractivity contribution in [2.24, 2.45) is 0 Å². The molecule has 0 saturated carbocycles. The maximum absolute atomic E-state index is 8.59. The van der Waals surface area contributed by atoms with E-state index >= 15 is 0 Å². The molecule has 0 atom stereocenters. The standard InChI is InChI=1S/H2O3S.Ti/c1-4(2)3;/h4H,(H,1,2,3);. The van der Waals surface area contributed by atoms with Crippen LogP contribution in [0.4, 0.5) is 0 Å². The van der Waals surface area contributed by atoms with Crippen molar-refractivity contribution >= 4 is 11.0 Å². The summed E-state index contributed by atoms with van der Waals surface area (Å²) < 4.78 is 24.2. The summed E-state index contributed by atoms with van der Waals surface area (Å²) in [4.78, 5) is 0. The van der Waals surface area contributed by atoms with E-state index in [-0.39, 0.29) is 21.7 Å². The topological polar surface area (TPSA) is 54.4 Å². The Balaban J connectivity index is 0. The SMILES string of the molecule is O=[SH](=O)O.[Ti]. The zero-order valence-corrected chi connectivity index (χ0v) is 4.67. The van der Waals surface area contributed by atoms with Gasteiger partial charge in [-0.2, -0.15) is 0 Å². The molecule has 0 aromatic carbocycles. The molecule has 0 amide bonds. The second-order valence-corrected chi connectivity index (χ2v) is 0.714. The molecular weight excluding hydrogens is 128 g/mol. The van der Waals surface area contributed by atoms with Crippen LogP contribution < -0.4 is 0 Å². The van der Waals surface area contributed by atoms with Crippen molar-refractivity contribution in [2.45, 2.75) is 0 Å². The predicted octanol–water partition coefficient (Wildman–Crippen LogP) is -0.932. The van der Waals surface area contributed by atoms with Gasteiger partial charge >= 0.3 is 0 Å². The fraction of sp³-hybridized carbons (Fsp3) is 0. The molecule has 30 valence electrons. The van der Waals surface area contributed by atoms with Crippen molar-refractivity contribution in [1.29, 1.82) is 0 Å². The Labute approximate surface area is 46.0 Å². The molecule has 0 unspecified atom stereocenters. The minimum absolute atomic E-state index is 0. The molecule has 0 rings (SSSR count). The summed E-state index contributed by atoms with van der Waals surface area (Å²) in [5.41, 5.74) is 0. The van der Waals surface area contributed by atoms with Gasteiger partial charge < -0.3 is 0 Å². The van der Waals surface area contributed by atoms with E-state index in [0.717, 1.165) is 0 Å². The molecule has 0 aliphatic carbocycles. The van der Waals surface area contributed by atoms with E-state index in [1.807, 2.05) is 0 Å². The third kappa shape index (κ3) is 81.7. The van der Waals surface area contributed by atoms with Crippen molar-refractivity contribution in [1.82, 2.24) is 0 Å². The second-order valence-electron chi connectivity index (χ2n) is 0.238. The van der Waals surface area contributed by atoms with Gasteiger partial charge in [-0.05, 0) is 0 Å². The van der Waals surface area contributed by atoms with Crippen LogP contribution in [0, 0.1) is 0 Å². The zero-order valence-electron chi connectivity index (χ0n) is 2.21. The zero-order chi connectivity index (χ0) is 3.58. The first kappa shape index (κ1) is 9.16. The Kier molecular flexibility index (Phi) is 8.47. The van der Waals surface area contributed by atoms with Crippen LogP contribution in [-0.2, 0) is 32.7 Å². The van der Waals surface area contributed by atoms with Gasteiger partial charge in [0.15, 0.2) is 0 Å². The Morgan fingerprint density at radius 1 is 1.40 bits per heavy atom. The van der Waals surface area contributed by atoms with Crippen molar-refractivity contribution < 1.29 is 34.7 Å². The summed E-state index contributed by atoms with van der Waals surface area (Å²) in [7, 11) is -3.12. The fourth-order valence-corrected chi connectivity index (χ4v) is 0. The van der Waals surface area contributed by atoms with Gasteiger partial charge in [-0.1, -0.05) is 0 Å². The van der Waals surface area contributed by atoms with Crippen LogP contribution in [0.15, 0.2) is 0 Å². The summed E-state index contributed by atoms with van der Waals surface area (Å²) in [5.74, 6) is 0. The summed E-state index contributed by atoms with van der Waals surface area (Å²) in [6.45, 7) is 0. The molecule has 5 heteroatoms. The summed E-state index contributed by atoms with van der Waals surface area (Å²) in [6.07, 6.45) is 0. The molecule has 0 spiro atoms. The normalized spacial score (nSPS) is 6.80. The van der Waals surface area contributed by atoms with Crippen molar-refractivity contribution in [3.05, 3.63) is 0 Å². The summed E-state index contributed by atoms with van der Waals surface area (Å²) in [6, 6.07) is 0. The minimum atomic E-state index is -3.12. The number of rotatable bonds is 0. The van der Waals surface area contributed by atoms with Crippen LogP contribution in [0.3, 0.4) is 0 Å². The monoisotopic (exact) mass is 130 g/mol. The van der Waals surface area contributed by atoms with E-state index in [1.165, 1.54) is 0 Å². The Morgan fingerprint density at radius 2 is 1.40 bits per heavy atom. The smallest absolute Gasteiger partial charge is 0.254 e. The predicted molar refractivity (Wildman–Crippen MR) is 12.9 cm³/mol. The molecule has 0 saturated heterocycles. The molecule has 5 heavy (non-hydrogen) atoms. The van der Waals surface area contributed by atoms with E-state index in [0.29, 0.717) is 0 Å². The van der Waals surface area contributed by atoms with Crippen LogP contribution in [0.2, 0.25) is 0 Å². The van der Waals surface area contributed by atoms with Crippen LogP contribution in [-0.4, -0.2) is 13.0 Å². The molecular formula is H2O3STi. The third-order valence-electron chi connectivity index (χ3n) is 0. The maximum atomic E-state index is 8.59. The number of hydrogen-bond donors (Lipinski definition) is 2. The van der Waals surface area contributed by atoms with Gasteiger partial charge in [0.05, 0.1) is 0 Å². The van der Waals surface area contributed by atoms with Gasteiger partial charge in [-0.25, -0.2) is 8.42 Å². The summed E-state index contributed by atoms with van der Waals surface area (Å²) >= 11 is 0. The fourth-order valence-electron chi connectivity index (χ4n) is 0. The van der Waals surface area contributed by atoms with Gasteiger partial charge in [0.25, 0.3) is 11.0 Å². The van der Waals surface area contributed by atoms with Gasteiger partial charge in [-0.15, -0.1) is 0 Å². The van der Waals surface area contributed by atoms with Crippen molar-refractivity contribution in [2.75, 3.05) is 0 Å². The molecule has 0 fully saturated rings. The third-order valence-corrected chi connectivity index (χ3v) is 0. The van der Waals surface area contributed by atoms with E-state index < -0.39 is 11.0 Å². The number of hydrogen-bond acceptors (Lipinski definition) is 2. The minimum Gasteiger partial charge on any atom is -0.288 e. The van der Waals surface area contributed by atoms with E-state index in [4.69, 9.17) is 13.0 Å². The average molecular weight is 130 g/mol.